The van der Waals surface area contributed by atoms with Crippen LogP contribution in [0.5, 0.6) is 11.6 Å². The van der Waals surface area contributed by atoms with Gasteiger partial charge in [-0.05, 0) is 61.7 Å². The quantitative estimate of drug-likeness (QED) is 0.570. The molecular weight excluding hydrogens is 406 g/mol. The summed E-state index contributed by atoms with van der Waals surface area (Å²) in [6.45, 7) is 5.59. The van der Waals surface area contributed by atoms with Crippen LogP contribution in [0, 0.1) is 12.8 Å². The van der Waals surface area contributed by atoms with E-state index in [9.17, 15) is 14.7 Å². The van der Waals surface area contributed by atoms with E-state index in [1.54, 1.807) is 49.4 Å². The fraction of sp³-hybridized carbons (Fsp3) is 0.273. The first kappa shape index (κ1) is 21.5. The van der Waals surface area contributed by atoms with Gasteiger partial charge in [-0.15, -0.1) is 0 Å². The van der Waals surface area contributed by atoms with Crippen molar-refractivity contribution in [2.75, 3.05) is 0 Å². The number of rotatable bonds is 7. The van der Waals surface area contributed by atoms with E-state index in [2.05, 4.69) is 15.3 Å². The molecule has 0 saturated heterocycles. The minimum atomic E-state index is -1.05. The lowest BCUT2D eigenvalue weighted by Gasteiger charge is -2.16. The number of nitrogens with one attached hydrogen (secondary N) is 1. The molecule has 0 aliphatic carbocycles. The number of carboxylic acid groups (broad SMARTS) is 1. The predicted molar refractivity (Wildman–Crippen MR) is 114 cm³/mol. The number of aromatic nitrogens is 2. The van der Waals surface area contributed by atoms with Crippen molar-refractivity contribution in [1.29, 1.82) is 0 Å². The summed E-state index contributed by atoms with van der Waals surface area (Å²) >= 11 is 5.99. The Labute approximate surface area is 179 Å². The summed E-state index contributed by atoms with van der Waals surface area (Å²) in [5.41, 5.74) is 2.27. The molecule has 0 bridgehead atoms. The highest BCUT2D eigenvalue weighted by molar-refractivity contribution is 6.31. The maximum absolute atomic E-state index is 12.4. The Balaban J connectivity index is 1.73. The standard InChI is InChI=1S/C22H22ClN3O4/c1-12(2)10-19(22(28)29)25-20(27)14-4-7-16(8-5-14)30-21-13(3)24-18-11-15(23)6-9-17(18)26-21/h4-9,11-12,19H,10H2,1-3H3,(H,25,27)(H,28,29)/t19-/m0/s1. The van der Waals surface area contributed by atoms with Gasteiger partial charge in [-0.1, -0.05) is 25.4 Å². The molecular formula is C22H22ClN3O4. The van der Waals surface area contributed by atoms with Gasteiger partial charge in [0.2, 0.25) is 5.88 Å². The molecule has 0 spiro atoms. The normalized spacial score (nSPS) is 12.0. The van der Waals surface area contributed by atoms with Crippen LogP contribution in [0.1, 0.15) is 36.3 Å². The molecule has 1 aromatic heterocycles. The van der Waals surface area contributed by atoms with Crippen molar-refractivity contribution in [1.82, 2.24) is 15.3 Å². The van der Waals surface area contributed by atoms with E-state index in [-0.39, 0.29) is 5.92 Å². The lowest BCUT2D eigenvalue weighted by molar-refractivity contribution is -0.139. The third kappa shape index (κ3) is 5.24. The van der Waals surface area contributed by atoms with Gasteiger partial charge < -0.3 is 15.2 Å². The molecule has 0 unspecified atom stereocenters. The number of aliphatic carboxylic acids is 1. The molecule has 1 heterocycles. The van der Waals surface area contributed by atoms with Gasteiger partial charge in [-0.3, -0.25) is 4.79 Å². The minimum Gasteiger partial charge on any atom is -0.480 e. The lowest BCUT2D eigenvalue weighted by atomic mass is 10.0. The number of benzene rings is 2. The predicted octanol–water partition coefficient (Wildman–Crippen LogP) is 4.61. The van der Waals surface area contributed by atoms with Crippen LogP contribution in [-0.2, 0) is 4.79 Å². The van der Waals surface area contributed by atoms with Crippen LogP contribution in [0.25, 0.3) is 11.0 Å². The first-order valence-corrected chi connectivity index (χ1v) is 9.86. The van der Waals surface area contributed by atoms with Gasteiger partial charge in [0.1, 0.15) is 17.5 Å². The van der Waals surface area contributed by atoms with Crippen molar-refractivity contribution in [3.05, 3.63) is 58.7 Å². The number of ether oxygens (including phenoxy) is 1. The molecule has 156 valence electrons. The molecule has 30 heavy (non-hydrogen) atoms. The van der Waals surface area contributed by atoms with Crippen LogP contribution in [-0.4, -0.2) is 33.0 Å². The second-order valence-electron chi connectivity index (χ2n) is 7.37. The smallest absolute Gasteiger partial charge is 0.326 e. The number of fused-ring (bicyclic) bond motifs is 1. The Kier molecular flexibility index (Phi) is 6.52. The van der Waals surface area contributed by atoms with Gasteiger partial charge >= 0.3 is 5.97 Å². The van der Waals surface area contributed by atoms with Gasteiger partial charge in [0.15, 0.2) is 0 Å². The number of hydrogen-bond acceptors (Lipinski definition) is 5. The van der Waals surface area contributed by atoms with Crippen LogP contribution in [0.2, 0.25) is 5.02 Å². The number of aryl methyl sites for hydroxylation is 1. The third-order valence-corrected chi connectivity index (χ3v) is 4.63. The van der Waals surface area contributed by atoms with Crippen LogP contribution in [0.4, 0.5) is 0 Å². The zero-order valence-electron chi connectivity index (χ0n) is 16.8. The number of carbonyl (C=O) groups is 2. The van der Waals surface area contributed by atoms with Crippen molar-refractivity contribution in [2.24, 2.45) is 5.92 Å². The molecule has 3 rings (SSSR count). The summed E-state index contributed by atoms with van der Waals surface area (Å²) in [6, 6.07) is 10.7. The largest absolute Gasteiger partial charge is 0.480 e. The van der Waals surface area contributed by atoms with Crippen molar-refractivity contribution in [3.8, 4) is 11.6 Å². The van der Waals surface area contributed by atoms with Crippen molar-refractivity contribution in [3.63, 3.8) is 0 Å². The molecule has 7 nitrogen and oxygen atoms in total. The Hall–Kier alpha value is -3.19. The molecule has 0 fully saturated rings. The zero-order valence-corrected chi connectivity index (χ0v) is 17.6. The zero-order chi connectivity index (χ0) is 21.8. The van der Waals surface area contributed by atoms with Crippen LogP contribution >= 0.6 is 11.6 Å². The summed E-state index contributed by atoms with van der Waals surface area (Å²) in [7, 11) is 0. The van der Waals surface area contributed by atoms with Crippen LogP contribution < -0.4 is 10.1 Å². The van der Waals surface area contributed by atoms with Crippen molar-refractivity contribution < 1.29 is 19.4 Å². The van der Waals surface area contributed by atoms with E-state index in [1.807, 2.05) is 13.8 Å². The summed E-state index contributed by atoms with van der Waals surface area (Å²) < 4.78 is 5.82. The minimum absolute atomic E-state index is 0.143. The Bertz CT molecular complexity index is 1080. The number of hydrogen-bond donors (Lipinski definition) is 2. The molecule has 2 aromatic carbocycles. The number of carboxylic acids is 1. The maximum Gasteiger partial charge on any atom is 0.326 e. The van der Waals surface area contributed by atoms with Crippen molar-refractivity contribution in [2.45, 2.75) is 33.2 Å². The third-order valence-electron chi connectivity index (χ3n) is 4.40. The molecule has 0 radical (unpaired) electrons. The Morgan fingerprint density at radius 2 is 1.80 bits per heavy atom. The van der Waals surface area contributed by atoms with E-state index in [1.165, 1.54) is 0 Å². The SMILES string of the molecule is Cc1nc2cc(Cl)ccc2nc1Oc1ccc(C(=O)N[C@@H](CC(C)C)C(=O)O)cc1. The average Bonchev–Trinajstić information content (AvgIpc) is 2.68. The fourth-order valence-corrected chi connectivity index (χ4v) is 3.08. The second kappa shape index (κ2) is 9.09. The fourth-order valence-electron chi connectivity index (χ4n) is 2.92. The van der Waals surface area contributed by atoms with Gasteiger partial charge in [0.05, 0.1) is 11.0 Å². The molecule has 8 heteroatoms. The number of halogens is 1. The first-order valence-electron chi connectivity index (χ1n) is 9.48. The highest BCUT2D eigenvalue weighted by atomic mass is 35.5. The van der Waals surface area contributed by atoms with E-state index < -0.39 is 17.9 Å². The average molecular weight is 428 g/mol. The topological polar surface area (TPSA) is 101 Å². The lowest BCUT2D eigenvalue weighted by Crippen LogP contribution is -2.41. The van der Waals surface area contributed by atoms with Crippen LogP contribution in [0.3, 0.4) is 0 Å². The van der Waals surface area contributed by atoms with Gasteiger partial charge in [-0.2, -0.15) is 0 Å². The van der Waals surface area contributed by atoms with Gasteiger partial charge in [0, 0.05) is 10.6 Å². The monoisotopic (exact) mass is 427 g/mol. The molecule has 0 aliphatic heterocycles. The number of nitrogens with zero attached hydrogens (tertiary/aromatic N) is 2. The van der Waals surface area contributed by atoms with E-state index in [4.69, 9.17) is 16.3 Å². The summed E-state index contributed by atoms with van der Waals surface area (Å²) in [5, 5.41) is 12.4. The Morgan fingerprint density at radius 1 is 1.10 bits per heavy atom. The molecule has 1 amide bonds. The second-order valence-corrected chi connectivity index (χ2v) is 7.80. The van der Waals surface area contributed by atoms with E-state index in [0.717, 1.165) is 0 Å². The highest BCUT2D eigenvalue weighted by Gasteiger charge is 2.21. The highest BCUT2D eigenvalue weighted by Crippen LogP contribution is 2.26. The molecule has 0 saturated carbocycles. The summed E-state index contributed by atoms with van der Waals surface area (Å²) in [6.07, 6.45) is 0.355. The van der Waals surface area contributed by atoms with Crippen molar-refractivity contribution >= 4 is 34.5 Å². The first-order chi connectivity index (χ1) is 14.2. The molecule has 0 aliphatic rings. The number of carbonyl (C=O) groups excluding carboxylic acids is 1. The molecule has 2 N–H and O–H groups in total. The van der Waals surface area contributed by atoms with E-state index >= 15 is 0 Å². The maximum atomic E-state index is 12.4. The molecule has 3 aromatic rings. The Morgan fingerprint density at radius 3 is 2.43 bits per heavy atom. The summed E-state index contributed by atoms with van der Waals surface area (Å²) in [4.78, 5) is 32.7. The van der Waals surface area contributed by atoms with Gasteiger partial charge in [-0.25, -0.2) is 14.8 Å². The summed E-state index contributed by atoms with van der Waals surface area (Å²) in [5.74, 6) is -0.527. The molecule has 1 atom stereocenters. The van der Waals surface area contributed by atoms with E-state index in [0.29, 0.717) is 45.4 Å². The van der Waals surface area contributed by atoms with Crippen LogP contribution in [0.15, 0.2) is 42.5 Å². The number of amides is 1. The van der Waals surface area contributed by atoms with Gasteiger partial charge in [0.25, 0.3) is 5.91 Å².